The van der Waals surface area contributed by atoms with Crippen molar-refractivity contribution < 1.29 is 9.84 Å². The summed E-state index contributed by atoms with van der Waals surface area (Å²) < 4.78 is 7.46. The molecule has 0 aliphatic rings. The summed E-state index contributed by atoms with van der Waals surface area (Å²) in [7, 11) is 0. The van der Waals surface area contributed by atoms with Crippen LogP contribution in [-0.2, 0) is 11.3 Å². The first-order chi connectivity index (χ1) is 7.27. The molecule has 0 aliphatic heterocycles. The molecule has 1 atom stereocenters. The third kappa shape index (κ3) is 4.06. The lowest BCUT2D eigenvalue weighted by Crippen LogP contribution is -2.04. The molecule has 86 valence electrons. The fourth-order valence-corrected chi connectivity index (χ4v) is 1.45. The number of rotatable bonds is 7. The van der Waals surface area contributed by atoms with Gasteiger partial charge in [-0.2, -0.15) is 0 Å². The second kappa shape index (κ2) is 6.64. The Kier molecular flexibility index (Phi) is 5.43. The minimum absolute atomic E-state index is 0.331. The van der Waals surface area contributed by atoms with Crippen LogP contribution in [-0.4, -0.2) is 22.9 Å². The molecule has 1 aromatic rings. The Labute approximate surface area is 91.7 Å². The van der Waals surface area contributed by atoms with Crippen molar-refractivity contribution in [2.75, 3.05) is 13.2 Å². The molecule has 3 nitrogen and oxygen atoms in total. The monoisotopic (exact) mass is 211 g/mol. The van der Waals surface area contributed by atoms with Gasteiger partial charge >= 0.3 is 0 Å². The minimum atomic E-state index is -0.331. The van der Waals surface area contributed by atoms with Gasteiger partial charge < -0.3 is 14.4 Å². The van der Waals surface area contributed by atoms with Crippen LogP contribution in [0, 0.1) is 0 Å². The quantitative estimate of drug-likeness (QED) is 0.702. The van der Waals surface area contributed by atoms with E-state index in [-0.39, 0.29) is 6.10 Å². The highest BCUT2D eigenvalue weighted by atomic mass is 16.5. The molecule has 3 heteroatoms. The highest BCUT2D eigenvalue weighted by Gasteiger charge is 2.05. The van der Waals surface area contributed by atoms with Crippen LogP contribution in [0.3, 0.4) is 0 Å². The number of ether oxygens (including phenoxy) is 1. The molecule has 0 fully saturated rings. The summed E-state index contributed by atoms with van der Waals surface area (Å²) in [6.07, 6.45) is 5.47. The van der Waals surface area contributed by atoms with E-state index in [0.29, 0.717) is 0 Å². The van der Waals surface area contributed by atoms with E-state index >= 15 is 0 Å². The maximum atomic E-state index is 9.61. The summed E-state index contributed by atoms with van der Waals surface area (Å²) in [6, 6.07) is 1.97. The van der Waals surface area contributed by atoms with Gasteiger partial charge in [0.15, 0.2) is 0 Å². The van der Waals surface area contributed by atoms with E-state index in [1.165, 1.54) is 0 Å². The average molecular weight is 211 g/mol. The Balaban J connectivity index is 2.33. The van der Waals surface area contributed by atoms with Crippen molar-refractivity contribution >= 4 is 0 Å². The number of aromatic nitrogens is 1. The van der Waals surface area contributed by atoms with Gasteiger partial charge in [0.25, 0.3) is 0 Å². The smallest absolute Gasteiger partial charge is 0.0802 e. The second-order valence-corrected chi connectivity index (χ2v) is 3.72. The fraction of sp³-hybridized carbons (Fsp3) is 0.667. The van der Waals surface area contributed by atoms with Crippen LogP contribution in [0.4, 0.5) is 0 Å². The van der Waals surface area contributed by atoms with Crippen molar-refractivity contribution in [2.24, 2.45) is 0 Å². The van der Waals surface area contributed by atoms with Gasteiger partial charge in [-0.15, -0.1) is 0 Å². The van der Waals surface area contributed by atoms with Crippen molar-refractivity contribution in [3.05, 3.63) is 24.0 Å². The highest BCUT2D eigenvalue weighted by molar-refractivity contribution is 5.13. The van der Waals surface area contributed by atoms with E-state index < -0.39 is 0 Å². The summed E-state index contributed by atoms with van der Waals surface area (Å²) in [5, 5.41) is 9.61. The Bertz CT molecular complexity index is 270. The lowest BCUT2D eigenvalue weighted by Gasteiger charge is -2.05. The number of aliphatic hydroxyl groups is 1. The molecule has 1 unspecified atom stereocenters. The molecule has 0 aromatic carbocycles. The predicted molar refractivity (Wildman–Crippen MR) is 60.8 cm³/mol. The third-order valence-electron chi connectivity index (χ3n) is 2.39. The average Bonchev–Trinajstić information content (AvgIpc) is 2.72. The number of aliphatic hydroxyl groups excluding tert-OH is 1. The molecule has 1 aromatic heterocycles. The molecule has 0 radical (unpaired) electrons. The van der Waals surface area contributed by atoms with Crippen LogP contribution in [0.1, 0.15) is 38.4 Å². The number of nitrogens with zero attached hydrogens (tertiary/aromatic N) is 1. The molecule has 0 saturated heterocycles. The molecule has 15 heavy (non-hydrogen) atoms. The van der Waals surface area contributed by atoms with E-state index in [1.54, 1.807) is 0 Å². The zero-order chi connectivity index (χ0) is 11.1. The van der Waals surface area contributed by atoms with Crippen LogP contribution >= 0.6 is 0 Å². The largest absolute Gasteiger partial charge is 0.388 e. The number of hydrogen-bond acceptors (Lipinski definition) is 2. The summed E-state index contributed by atoms with van der Waals surface area (Å²) in [4.78, 5) is 0. The zero-order valence-electron chi connectivity index (χ0n) is 9.65. The Hall–Kier alpha value is -0.800. The molecule has 1 N–H and O–H groups in total. The van der Waals surface area contributed by atoms with Crippen LogP contribution in [0.2, 0.25) is 0 Å². The molecule has 0 saturated carbocycles. The summed E-state index contributed by atoms with van der Waals surface area (Å²) in [5.41, 5.74) is 0.994. The van der Waals surface area contributed by atoms with E-state index in [4.69, 9.17) is 4.74 Å². The Morgan fingerprint density at radius 1 is 1.40 bits per heavy atom. The first-order valence-electron chi connectivity index (χ1n) is 5.69. The van der Waals surface area contributed by atoms with Gasteiger partial charge in [0.05, 0.1) is 12.7 Å². The molecule has 0 amide bonds. The van der Waals surface area contributed by atoms with Gasteiger partial charge in [-0.1, -0.05) is 13.8 Å². The minimum Gasteiger partial charge on any atom is -0.388 e. The van der Waals surface area contributed by atoms with Crippen molar-refractivity contribution in [3.8, 4) is 0 Å². The van der Waals surface area contributed by atoms with Crippen molar-refractivity contribution in [1.82, 2.24) is 4.57 Å². The highest BCUT2D eigenvalue weighted by Crippen LogP contribution is 2.15. The lowest BCUT2D eigenvalue weighted by molar-refractivity contribution is 0.126. The van der Waals surface area contributed by atoms with Crippen LogP contribution in [0.5, 0.6) is 0 Å². The van der Waals surface area contributed by atoms with Gasteiger partial charge in [-0.3, -0.25) is 0 Å². The Morgan fingerprint density at radius 3 is 2.87 bits per heavy atom. The van der Waals surface area contributed by atoms with Crippen LogP contribution in [0.15, 0.2) is 18.5 Å². The van der Waals surface area contributed by atoms with E-state index in [2.05, 4.69) is 11.5 Å². The van der Waals surface area contributed by atoms with Gasteiger partial charge in [-0.05, 0) is 24.5 Å². The number of hydrogen-bond donors (Lipinski definition) is 1. The standard InChI is InChI=1S/C12H21NO2/c1-3-8-15-9-7-13-6-5-11(10-13)12(14)4-2/h5-6,10,12,14H,3-4,7-9H2,1-2H3. The van der Waals surface area contributed by atoms with E-state index in [9.17, 15) is 5.11 Å². The fourth-order valence-electron chi connectivity index (χ4n) is 1.45. The van der Waals surface area contributed by atoms with Crippen LogP contribution < -0.4 is 0 Å². The van der Waals surface area contributed by atoms with Gasteiger partial charge in [-0.25, -0.2) is 0 Å². The second-order valence-electron chi connectivity index (χ2n) is 3.72. The Morgan fingerprint density at radius 2 is 2.20 bits per heavy atom. The molecular formula is C12H21NO2. The van der Waals surface area contributed by atoms with Gasteiger partial charge in [0.2, 0.25) is 0 Å². The first-order valence-corrected chi connectivity index (χ1v) is 5.69. The summed E-state index contributed by atoms with van der Waals surface area (Å²) in [5.74, 6) is 0. The van der Waals surface area contributed by atoms with Gasteiger partial charge in [0.1, 0.15) is 0 Å². The van der Waals surface area contributed by atoms with E-state index in [0.717, 1.165) is 38.2 Å². The normalized spacial score (nSPS) is 13.0. The predicted octanol–water partition coefficient (Wildman–Crippen LogP) is 2.36. The molecule has 1 heterocycles. The van der Waals surface area contributed by atoms with E-state index in [1.807, 2.05) is 25.4 Å². The zero-order valence-corrected chi connectivity index (χ0v) is 9.65. The summed E-state index contributed by atoms with van der Waals surface area (Å²) >= 11 is 0. The van der Waals surface area contributed by atoms with Crippen molar-refractivity contribution in [3.63, 3.8) is 0 Å². The van der Waals surface area contributed by atoms with Crippen LogP contribution in [0.25, 0.3) is 0 Å². The maximum Gasteiger partial charge on any atom is 0.0802 e. The van der Waals surface area contributed by atoms with Crippen molar-refractivity contribution in [1.29, 1.82) is 0 Å². The maximum absolute atomic E-state index is 9.61. The SMILES string of the molecule is CCCOCCn1ccc(C(O)CC)c1. The molecule has 0 bridgehead atoms. The van der Waals surface area contributed by atoms with Gasteiger partial charge in [0, 0.05) is 25.5 Å². The topological polar surface area (TPSA) is 34.4 Å². The first kappa shape index (κ1) is 12.3. The third-order valence-corrected chi connectivity index (χ3v) is 2.39. The lowest BCUT2D eigenvalue weighted by atomic mass is 10.1. The molecule has 0 aliphatic carbocycles. The molecule has 0 spiro atoms. The molecular weight excluding hydrogens is 190 g/mol. The summed E-state index contributed by atoms with van der Waals surface area (Å²) in [6.45, 7) is 6.50. The molecule has 1 rings (SSSR count). The van der Waals surface area contributed by atoms with Crippen molar-refractivity contribution in [2.45, 2.75) is 39.3 Å².